The average Bonchev–Trinajstić information content (AvgIpc) is 3.45. The Morgan fingerprint density at radius 1 is 0.456 bits per heavy atom. The van der Waals surface area contributed by atoms with Gasteiger partial charge >= 0.3 is 10.4 Å². The van der Waals surface area contributed by atoms with Gasteiger partial charge in [0.15, 0.2) is 6.29 Å². The van der Waals surface area contributed by atoms with Crippen molar-refractivity contribution in [3.63, 3.8) is 0 Å². The number of carbonyl (C=O) groups is 1. The number of aliphatic hydroxyl groups is 4. The molecule has 0 radical (unpaired) electrons. The van der Waals surface area contributed by atoms with E-state index in [1.54, 1.807) is 0 Å². The molecule has 1 fully saturated rings. The Morgan fingerprint density at radius 2 is 0.734 bits per heavy atom. The number of rotatable bonds is 62. The fourth-order valence-corrected chi connectivity index (χ4v) is 12.2. The lowest BCUT2D eigenvalue weighted by Crippen LogP contribution is -2.61. The van der Waals surface area contributed by atoms with Crippen molar-refractivity contribution in [3.05, 3.63) is 0 Å². The van der Waals surface area contributed by atoms with Gasteiger partial charge in [-0.25, -0.2) is 4.18 Å². The molecule has 0 bridgehead atoms. The SMILES string of the molecule is CCCCCCCCCCCCCCCCCCCCCCCCCCCCCCCCCCCCCC(=O)NC(COC1OC(CO)C(O)C(OS(=O)(=O)O)C1O)C(O)CCCCCCCCCCCCCCCCCCC. The van der Waals surface area contributed by atoms with Gasteiger partial charge in [-0.2, -0.15) is 8.42 Å². The molecule has 7 atom stereocenters. The van der Waals surface area contributed by atoms with Crippen molar-refractivity contribution in [1.29, 1.82) is 0 Å². The van der Waals surface area contributed by atoms with Gasteiger partial charge in [0.25, 0.3) is 0 Å². The number of hydrogen-bond acceptors (Lipinski definition) is 10. The summed E-state index contributed by atoms with van der Waals surface area (Å²) in [4.78, 5) is 13.2. The van der Waals surface area contributed by atoms with Crippen molar-refractivity contribution < 1.29 is 51.8 Å². The van der Waals surface area contributed by atoms with Gasteiger partial charge in [0.1, 0.15) is 24.4 Å². The molecule has 1 aliphatic rings. The molecule has 1 saturated heterocycles. The zero-order valence-corrected chi connectivity index (χ0v) is 52.5. The molecule has 0 spiro atoms. The van der Waals surface area contributed by atoms with Crippen molar-refractivity contribution in [2.45, 2.75) is 403 Å². The third kappa shape index (κ3) is 48.1. The summed E-state index contributed by atoms with van der Waals surface area (Å²) >= 11 is 0. The standard InChI is InChI=1S/C66H131NO11S/c1-3-5-7-9-11-13-15-17-19-21-22-23-24-25-26-27-28-29-30-31-32-33-34-35-36-37-38-40-42-44-46-48-50-52-54-56-62(70)67-59(58-76-66-64(72)65(78-79(73,74)75)63(71)61(57-68)77-66)60(69)55-53-51-49-47-45-43-41-39-20-18-16-14-12-10-8-6-4-2/h59-61,63-66,68-69,71-72H,3-58H2,1-2H3,(H,67,70)(H,73,74,75). The van der Waals surface area contributed by atoms with E-state index in [2.05, 4.69) is 23.3 Å². The summed E-state index contributed by atoms with van der Waals surface area (Å²) < 4.78 is 48.0. The quantitative estimate of drug-likeness (QED) is 0.0251. The zero-order valence-electron chi connectivity index (χ0n) is 51.7. The highest BCUT2D eigenvalue weighted by atomic mass is 32.3. The lowest BCUT2D eigenvalue weighted by atomic mass is 9.99. The van der Waals surface area contributed by atoms with E-state index in [4.69, 9.17) is 9.47 Å². The number of carbonyl (C=O) groups excluding carboxylic acids is 1. The number of amides is 1. The van der Waals surface area contributed by atoms with Gasteiger partial charge in [0, 0.05) is 6.42 Å². The molecular formula is C66H131NO11S. The molecule has 12 nitrogen and oxygen atoms in total. The van der Waals surface area contributed by atoms with E-state index >= 15 is 0 Å². The van der Waals surface area contributed by atoms with Crippen LogP contribution in [0.4, 0.5) is 0 Å². The molecule has 79 heavy (non-hydrogen) atoms. The number of unbranched alkanes of at least 4 members (excludes halogenated alkanes) is 50. The van der Waals surface area contributed by atoms with E-state index < -0.39 is 59.9 Å². The smallest absolute Gasteiger partial charge is 0.394 e. The number of ether oxygens (including phenoxy) is 2. The van der Waals surface area contributed by atoms with E-state index in [9.17, 15) is 38.2 Å². The lowest BCUT2D eigenvalue weighted by molar-refractivity contribution is -0.298. The van der Waals surface area contributed by atoms with Gasteiger partial charge < -0.3 is 35.2 Å². The van der Waals surface area contributed by atoms with Gasteiger partial charge in [-0.3, -0.25) is 9.35 Å². The Morgan fingerprint density at radius 3 is 1.01 bits per heavy atom. The largest absolute Gasteiger partial charge is 0.397 e. The summed E-state index contributed by atoms with van der Waals surface area (Å²) in [5, 5.41) is 45.2. The van der Waals surface area contributed by atoms with Crippen LogP contribution >= 0.6 is 0 Å². The first kappa shape index (κ1) is 76.1. The minimum absolute atomic E-state index is 0.220. The van der Waals surface area contributed by atoms with Crippen LogP contribution in [0.3, 0.4) is 0 Å². The first-order valence-electron chi connectivity index (χ1n) is 34.4. The summed E-state index contributed by atoms with van der Waals surface area (Å²) in [6, 6.07) is -0.854. The minimum atomic E-state index is -5.08. The van der Waals surface area contributed by atoms with Crippen LogP contribution in [0.2, 0.25) is 0 Å². The van der Waals surface area contributed by atoms with E-state index in [1.807, 2.05) is 0 Å². The Hall–Kier alpha value is -0.900. The molecule has 472 valence electrons. The minimum Gasteiger partial charge on any atom is -0.394 e. The predicted octanol–water partition coefficient (Wildman–Crippen LogP) is 17.6. The molecule has 1 aliphatic heterocycles. The molecule has 6 N–H and O–H groups in total. The van der Waals surface area contributed by atoms with E-state index in [1.165, 1.54) is 283 Å². The highest BCUT2D eigenvalue weighted by Gasteiger charge is 2.48. The molecule has 0 saturated carbocycles. The maximum Gasteiger partial charge on any atom is 0.397 e. The maximum absolute atomic E-state index is 13.2. The monoisotopic (exact) mass is 1150 g/mol. The average molecular weight is 1150 g/mol. The van der Waals surface area contributed by atoms with Crippen LogP contribution in [0.1, 0.15) is 361 Å². The fourth-order valence-electron chi connectivity index (χ4n) is 11.6. The van der Waals surface area contributed by atoms with E-state index in [0.29, 0.717) is 12.8 Å². The molecule has 0 aliphatic carbocycles. The van der Waals surface area contributed by atoms with E-state index in [0.717, 1.165) is 51.4 Å². The molecule has 13 heteroatoms. The summed E-state index contributed by atoms with van der Waals surface area (Å²) in [6.45, 7) is 3.52. The highest BCUT2D eigenvalue weighted by Crippen LogP contribution is 2.27. The predicted molar refractivity (Wildman–Crippen MR) is 329 cm³/mol. The topological polar surface area (TPSA) is 192 Å². The van der Waals surface area contributed by atoms with Crippen molar-refractivity contribution in [2.75, 3.05) is 13.2 Å². The molecule has 0 aromatic carbocycles. The number of nitrogens with one attached hydrogen (secondary N) is 1. The second kappa shape index (κ2) is 56.2. The third-order valence-electron chi connectivity index (χ3n) is 16.9. The molecule has 1 amide bonds. The second-order valence-corrected chi connectivity index (χ2v) is 25.5. The van der Waals surface area contributed by atoms with Crippen molar-refractivity contribution in [1.82, 2.24) is 5.32 Å². The van der Waals surface area contributed by atoms with Crippen LogP contribution in [0.15, 0.2) is 0 Å². The maximum atomic E-state index is 13.2. The van der Waals surface area contributed by atoms with Crippen LogP contribution in [-0.4, -0.2) is 95.4 Å². The summed E-state index contributed by atoms with van der Waals surface area (Å²) in [6.07, 6.45) is 60.1. The molecule has 1 rings (SSSR count). The van der Waals surface area contributed by atoms with Crippen LogP contribution in [0.5, 0.6) is 0 Å². The lowest BCUT2D eigenvalue weighted by Gasteiger charge is -2.41. The van der Waals surface area contributed by atoms with Gasteiger partial charge in [-0.05, 0) is 12.8 Å². The highest BCUT2D eigenvalue weighted by molar-refractivity contribution is 7.80. The molecule has 0 aromatic rings. The fraction of sp³-hybridized carbons (Fsp3) is 0.985. The van der Waals surface area contributed by atoms with Crippen molar-refractivity contribution in [3.8, 4) is 0 Å². The van der Waals surface area contributed by atoms with Crippen LogP contribution in [0.25, 0.3) is 0 Å². The first-order chi connectivity index (χ1) is 38.5. The van der Waals surface area contributed by atoms with Crippen molar-refractivity contribution >= 4 is 16.3 Å². The van der Waals surface area contributed by atoms with Crippen molar-refractivity contribution in [2.24, 2.45) is 0 Å². The number of hydrogen-bond donors (Lipinski definition) is 6. The van der Waals surface area contributed by atoms with Gasteiger partial charge in [0.05, 0.1) is 25.4 Å². The van der Waals surface area contributed by atoms with Crippen LogP contribution in [-0.2, 0) is 28.9 Å². The summed E-state index contributed by atoms with van der Waals surface area (Å²) in [5.41, 5.74) is 0. The van der Waals surface area contributed by atoms with Crippen LogP contribution < -0.4 is 5.32 Å². The third-order valence-corrected chi connectivity index (χ3v) is 17.4. The first-order valence-corrected chi connectivity index (χ1v) is 35.8. The Labute approximate surface area is 488 Å². The second-order valence-electron chi connectivity index (χ2n) is 24.5. The molecule has 1 heterocycles. The summed E-state index contributed by atoms with van der Waals surface area (Å²) in [7, 11) is -5.08. The van der Waals surface area contributed by atoms with E-state index in [-0.39, 0.29) is 12.5 Å². The zero-order chi connectivity index (χ0) is 57.5. The van der Waals surface area contributed by atoms with Gasteiger partial charge in [-0.15, -0.1) is 0 Å². The Bertz CT molecular complexity index is 1390. The van der Waals surface area contributed by atoms with Gasteiger partial charge in [0.2, 0.25) is 5.91 Å². The molecular weight excluding hydrogens is 1010 g/mol. The normalized spacial score (nSPS) is 18.6. The number of aliphatic hydroxyl groups excluding tert-OH is 4. The van der Waals surface area contributed by atoms with Crippen LogP contribution in [0, 0.1) is 0 Å². The molecule has 0 aromatic heterocycles. The molecule has 7 unspecified atom stereocenters. The Kier molecular flexibility index (Phi) is 54.2. The van der Waals surface area contributed by atoms with Gasteiger partial charge in [-0.1, -0.05) is 341 Å². The Balaban J connectivity index is 2.16. The summed E-state index contributed by atoms with van der Waals surface area (Å²) in [5.74, 6) is -0.220.